The van der Waals surface area contributed by atoms with E-state index < -0.39 is 0 Å². The third-order valence-corrected chi connectivity index (χ3v) is 6.03. The Bertz CT molecular complexity index is 287. The summed E-state index contributed by atoms with van der Waals surface area (Å²) in [5, 5.41) is 0. The van der Waals surface area contributed by atoms with Gasteiger partial charge in [0.1, 0.15) is 0 Å². The summed E-state index contributed by atoms with van der Waals surface area (Å²) in [6.07, 6.45) is 3.89. The fourth-order valence-electron chi connectivity index (χ4n) is 5.06. The first-order valence-corrected chi connectivity index (χ1v) is 8.35. The van der Waals surface area contributed by atoms with E-state index >= 15 is 0 Å². The van der Waals surface area contributed by atoms with Gasteiger partial charge >= 0.3 is 0 Å². The second kappa shape index (κ2) is 5.76. The van der Waals surface area contributed by atoms with Crippen LogP contribution in [0.15, 0.2) is 0 Å². The van der Waals surface area contributed by atoms with Crippen LogP contribution in [-0.2, 0) is 0 Å². The maximum absolute atomic E-state index is 2.69. The molecule has 1 fully saturated rings. The third kappa shape index (κ3) is 2.86. The highest BCUT2D eigenvalue weighted by Gasteiger charge is 2.52. The van der Waals surface area contributed by atoms with Crippen LogP contribution in [0.2, 0.25) is 0 Å². The van der Waals surface area contributed by atoms with Gasteiger partial charge in [-0.25, -0.2) is 0 Å². The zero-order valence-electron chi connectivity index (χ0n) is 14.9. The lowest BCUT2D eigenvalue weighted by Crippen LogP contribution is -2.64. The molecule has 1 heterocycles. The number of nitrogens with zero attached hydrogens (tertiary/aromatic N) is 1. The van der Waals surface area contributed by atoms with E-state index in [0.29, 0.717) is 11.0 Å². The fraction of sp³-hybridized carbons (Fsp3) is 1.00. The van der Waals surface area contributed by atoms with E-state index in [9.17, 15) is 0 Å². The Morgan fingerprint density at radius 2 is 1.47 bits per heavy atom. The second-order valence-corrected chi connectivity index (χ2v) is 8.22. The van der Waals surface area contributed by atoms with E-state index in [4.69, 9.17) is 0 Å². The first-order valence-electron chi connectivity index (χ1n) is 8.35. The number of rotatable bonds is 3. The Kier molecular flexibility index (Phi) is 5.15. The molecule has 1 nitrogen and oxygen atoms in total. The lowest BCUT2D eigenvalue weighted by Gasteiger charge is -2.61. The SMILES string of the molecule is CCC1C(CC)N(C)C(C)(C)C(CC)C1C(C)(C)C. The van der Waals surface area contributed by atoms with E-state index in [1.165, 1.54) is 19.3 Å². The molecule has 0 aromatic carbocycles. The summed E-state index contributed by atoms with van der Waals surface area (Å²) in [5.41, 5.74) is 0.729. The van der Waals surface area contributed by atoms with Gasteiger partial charge in [-0.1, -0.05) is 54.4 Å². The lowest BCUT2D eigenvalue weighted by molar-refractivity contribution is -0.116. The van der Waals surface area contributed by atoms with Crippen LogP contribution in [0.3, 0.4) is 0 Å². The van der Waals surface area contributed by atoms with Gasteiger partial charge in [0.15, 0.2) is 0 Å². The molecule has 1 saturated heterocycles. The zero-order valence-corrected chi connectivity index (χ0v) is 14.9. The number of hydrogen-bond donors (Lipinski definition) is 0. The van der Waals surface area contributed by atoms with Crippen molar-refractivity contribution in [3.63, 3.8) is 0 Å². The van der Waals surface area contributed by atoms with Crippen LogP contribution in [0.1, 0.15) is 74.7 Å². The number of hydrogen-bond acceptors (Lipinski definition) is 1. The smallest absolute Gasteiger partial charge is 0.0184 e. The lowest BCUT2D eigenvalue weighted by atomic mass is 9.55. The summed E-state index contributed by atoms with van der Waals surface area (Å²) in [6.45, 7) is 19.4. The molecule has 0 spiro atoms. The van der Waals surface area contributed by atoms with E-state index in [1.807, 2.05) is 0 Å². The molecule has 1 rings (SSSR count). The van der Waals surface area contributed by atoms with E-state index in [2.05, 4.69) is 67.3 Å². The van der Waals surface area contributed by atoms with Crippen molar-refractivity contribution in [3.05, 3.63) is 0 Å². The Morgan fingerprint density at radius 3 is 1.79 bits per heavy atom. The minimum Gasteiger partial charge on any atom is -0.298 e. The molecule has 19 heavy (non-hydrogen) atoms. The Labute approximate surface area is 122 Å². The van der Waals surface area contributed by atoms with E-state index in [-0.39, 0.29) is 0 Å². The van der Waals surface area contributed by atoms with Gasteiger partial charge < -0.3 is 0 Å². The van der Waals surface area contributed by atoms with Gasteiger partial charge in [0.25, 0.3) is 0 Å². The molecule has 1 aliphatic rings. The molecule has 1 heteroatoms. The average Bonchev–Trinajstić information content (AvgIpc) is 2.30. The van der Waals surface area contributed by atoms with Crippen LogP contribution in [-0.4, -0.2) is 23.5 Å². The third-order valence-electron chi connectivity index (χ3n) is 6.03. The van der Waals surface area contributed by atoms with Crippen LogP contribution in [0.25, 0.3) is 0 Å². The standard InChI is InChI=1S/C18H37N/c1-10-13-15(12-3)19(9)18(7,8)14(11-2)16(13)17(4,5)6/h13-16H,10-12H2,1-9H3. The van der Waals surface area contributed by atoms with Crippen molar-refractivity contribution in [2.75, 3.05) is 7.05 Å². The molecule has 0 radical (unpaired) electrons. The van der Waals surface area contributed by atoms with Crippen molar-refractivity contribution >= 4 is 0 Å². The first kappa shape index (κ1) is 17.0. The van der Waals surface area contributed by atoms with Gasteiger partial charge in [0.05, 0.1) is 0 Å². The van der Waals surface area contributed by atoms with Crippen LogP contribution in [0, 0.1) is 23.2 Å². The van der Waals surface area contributed by atoms with Crippen molar-refractivity contribution in [2.45, 2.75) is 86.2 Å². The maximum atomic E-state index is 2.69. The summed E-state index contributed by atoms with van der Waals surface area (Å²) < 4.78 is 0. The molecule has 0 N–H and O–H groups in total. The van der Waals surface area contributed by atoms with Crippen molar-refractivity contribution in [1.82, 2.24) is 4.90 Å². The summed E-state index contributed by atoms with van der Waals surface area (Å²) in [5.74, 6) is 2.47. The monoisotopic (exact) mass is 267 g/mol. The first-order chi connectivity index (χ1) is 8.62. The quantitative estimate of drug-likeness (QED) is 0.679. The highest BCUT2D eigenvalue weighted by molar-refractivity contribution is 5.05. The Balaban J connectivity index is 3.29. The second-order valence-electron chi connectivity index (χ2n) is 8.22. The molecule has 1 aliphatic heterocycles. The van der Waals surface area contributed by atoms with Crippen molar-refractivity contribution in [2.24, 2.45) is 23.2 Å². The van der Waals surface area contributed by atoms with Gasteiger partial charge in [-0.15, -0.1) is 0 Å². The molecule has 0 saturated carbocycles. The largest absolute Gasteiger partial charge is 0.298 e. The molecule has 4 atom stereocenters. The molecule has 0 amide bonds. The normalized spacial score (nSPS) is 36.5. The average molecular weight is 268 g/mol. The minimum absolute atomic E-state index is 0.318. The van der Waals surface area contributed by atoms with Crippen molar-refractivity contribution in [3.8, 4) is 0 Å². The molecule has 4 unspecified atom stereocenters. The molecule has 0 aromatic heterocycles. The molecular formula is C18H37N. The van der Waals surface area contributed by atoms with Crippen molar-refractivity contribution in [1.29, 1.82) is 0 Å². The van der Waals surface area contributed by atoms with Crippen LogP contribution < -0.4 is 0 Å². The Morgan fingerprint density at radius 1 is 0.947 bits per heavy atom. The molecule has 0 bridgehead atoms. The number of piperidine rings is 1. The van der Waals surface area contributed by atoms with Gasteiger partial charge in [-0.2, -0.15) is 0 Å². The highest BCUT2D eigenvalue weighted by Crippen LogP contribution is 2.52. The number of likely N-dealkylation sites (tertiary alicyclic amines) is 1. The predicted molar refractivity (Wildman–Crippen MR) is 86.4 cm³/mol. The predicted octanol–water partition coefficient (Wildman–Crippen LogP) is 5.20. The molecule has 114 valence electrons. The highest BCUT2D eigenvalue weighted by atomic mass is 15.2. The van der Waals surface area contributed by atoms with Gasteiger partial charge in [0, 0.05) is 11.6 Å². The van der Waals surface area contributed by atoms with E-state index in [1.54, 1.807) is 0 Å². The summed E-state index contributed by atoms with van der Waals surface area (Å²) >= 11 is 0. The van der Waals surface area contributed by atoms with Gasteiger partial charge in [-0.3, -0.25) is 4.90 Å². The summed E-state index contributed by atoms with van der Waals surface area (Å²) in [7, 11) is 2.36. The van der Waals surface area contributed by atoms with Crippen LogP contribution in [0.4, 0.5) is 0 Å². The van der Waals surface area contributed by atoms with Crippen LogP contribution >= 0.6 is 0 Å². The minimum atomic E-state index is 0.318. The molecular weight excluding hydrogens is 230 g/mol. The molecule has 0 aromatic rings. The van der Waals surface area contributed by atoms with Gasteiger partial charge in [0.2, 0.25) is 0 Å². The fourth-order valence-corrected chi connectivity index (χ4v) is 5.06. The topological polar surface area (TPSA) is 3.24 Å². The summed E-state index contributed by atoms with van der Waals surface area (Å²) in [6, 6.07) is 0.743. The van der Waals surface area contributed by atoms with Crippen molar-refractivity contribution < 1.29 is 0 Å². The zero-order chi connectivity index (χ0) is 15.0. The Hall–Kier alpha value is -0.0400. The summed E-state index contributed by atoms with van der Waals surface area (Å²) in [4.78, 5) is 2.69. The maximum Gasteiger partial charge on any atom is 0.0184 e. The van der Waals surface area contributed by atoms with Gasteiger partial charge in [-0.05, 0) is 50.5 Å². The molecule has 0 aliphatic carbocycles. The van der Waals surface area contributed by atoms with E-state index in [0.717, 1.165) is 23.8 Å². The van der Waals surface area contributed by atoms with Crippen LogP contribution in [0.5, 0.6) is 0 Å².